The second-order valence-electron chi connectivity index (χ2n) is 5.51. The van der Waals surface area contributed by atoms with Crippen LogP contribution in [0.15, 0.2) is 0 Å². The number of aliphatic carboxylic acids is 2. The molecular formula is C13H24N4O6. The number of carbonyl (C=O) groups excluding carboxylic acids is 2. The molecule has 0 spiro atoms. The standard InChI is InChI=1S/C13H24N4O6/c14-8(11(20)21)5-7(18)3-1-2-4-13(16,17)10(19)6-9(15)12(22)23/h8-9H,1-6,14-17H2,(H,20,21)(H,22,23). The molecule has 10 heteroatoms. The fourth-order valence-electron chi connectivity index (χ4n) is 1.79. The Labute approximate surface area is 133 Å². The summed E-state index contributed by atoms with van der Waals surface area (Å²) in [6.07, 6.45) is 0.109. The van der Waals surface area contributed by atoms with Crippen molar-refractivity contribution < 1.29 is 29.4 Å². The van der Waals surface area contributed by atoms with Gasteiger partial charge in [0, 0.05) is 19.3 Å². The molecule has 0 heterocycles. The predicted molar refractivity (Wildman–Crippen MR) is 80.0 cm³/mol. The molecule has 10 N–H and O–H groups in total. The molecule has 0 saturated heterocycles. The maximum atomic E-state index is 11.8. The van der Waals surface area contributed by atoms with Gasteiger partial charge in [0.05, 0.1) is 0 Å². The molecule has 0 radical (unpaired) electrons. The minimum Gasteiger partial charge on any atom is -0.480 e. The quantitative estimate of drug-likeness (QED) is 0.169. The summed E-state index contributed by atoms with van der Waals surface area (Å²) in [5.41, 5.74) is 20.1. The van der Waals surface area contributed by atoms with E-state index in [1.54, 1.807) is 0 Å². The minimum absolute atomic E-state index is 0.0520. The number of carbonyl (C=O) groups is 4. The number of hydrogen-bond donors (Lipinski definition) is 6. The van der Waals surface area contributed by atoms with E-state index >= 15 is 0 Å². The number of carboxylic acids is 2. The summed E-state index contributed by atoms with van der Waals surface area (Å²) < 4.78 is 0. The first-order valence-corrected chi connectivity index (χ1v) is 7.07. The minimum atomic E-state index is -1.71. The first kappa shape index (κ1) is 21.1. The lowest BCUT2D eigenvalue weighted by Gasteiger charge is -2.23. The van der Waals surface area contributed by atoms with Gasteiger partial charge in [0.2, 0.25) is 0 Å². The maximum Gasteiger partial charge on any atom is 0.320 e. The van der Waals surface area contributed by atoms with Crippen LogP contribution >= 0.6 is 0 Å². The molecular weight excluding hydrogens is 308 g/mol. The highest BCUT2D eigenvalue weighted by Gasteiger charge is 2.31. The number of carboxylic acid groups (broad SMARTS) is 2. The van der Waals surface area contributed by atoms with Crippen molar-refractivity contribution in [2.75, 3.05) is 0 Å². The van der Waals surface area contributed by atoms with Gasteiger partial charge in [-0.05, 0) is 19.3 Å². The molecule has 2 unspecified atom stereocenters. The van der Waals surface area contributed by atoms with Crippen molar-refractivity contribution in [1.29, 1.82) is 0 Å². The lowest BCUT2D eigenvalue weighted by atomic mass is 9.94. The Hall–Kier alpha value is -1.88. The maximum absolute atomic E-state index is 11.8. The van der Waals surface area contributed by atoms with Crippen LogP contribution in [0, 0.1) is 0 Å². The molecule has 0 fully saturated rings. The molecule has 0 saturated carbocycles. The van der Waals surface area contributed by atoms with Crippen molar-refractivity contribution in [2.45, 2.75) is 56.3 Å². The fourth-order valence-corrected chi connectivity index (χ4v) is 1.79. The number of Topliss-reactive ketones (excluding diaryl/α,β-unsaturated/α-hetero) is 2. The molecule has 0 aliphatic rings. The van der Waals surface area contributed by atoms with Crippen LogP contribution in [0.3, 0.4) is 0 Å². The molecule has 0 aliphatic heterocycles. The van der Waals surface area contributed by atoms with Gasteiger partial charge in [-0.15, -0.1) is 0 Å². The van der Waals surface area contributed by atoms with Gasteiger partial charge in [-0.3, -0.25) is 19.2 Å². The van der Waals surface area contributed by atoms with Crippen LogP contribution in [0.4, 0.5) is 0 Å². The van der Waals surface area contributed by atoms with Crippen LogP contribution in [0.25, 0.3) is 0 Å². The summed E-state index contributed by atoms with van der Waals surface area (Å²) in [7, 11) is 0. The van der Waals surface area contributed by atoms with Gasteiger partial charge < -0.3 is 33.1 Å². The topological polar surface area (TPSA) is 213 Å². The Balaban J connectivity index is 4.15. The molecule has 0 aromatic carbocycles. The monoisotopic (exact) mass is 332 g/mol. The third kappa shape index (κ3) is 8.35. The average Bonchev–Trinajstić information content (AvgIpc) is 2.43. The zero-order chi connectivity index (χ0) is 18.2. The Morgan fingerprint density at radius 2 is 1.35 bits per heavy atom. The van der Waals surface area contributed by atoms with E-state index in [9.17, 15) is 19.2 Å². The highest BCUT2D eigenvalue weighted by atomic mass is 16.4. The van der Waals surface area contributed by atoms with Gasteiger partial charge >= 0.3 is 11.9 Å². The molecule has 0 bridgehead atoms. The number of ketones is 2. The van der Waals surface area contributed by atoms with Crippen molar-refractivity contribution in [2.24, 2.45) is 22.9 Å². The summed E-state index contributed by atoms with van der Waals surface area (Å²) in [5.74, 6) is -3.55. The summed E-state index contributed by atoms with van der Waals surface area (Å²) >= 11 is 0. The van der Waals surface area contributed by atoms with Gasteiger partial charge in [-0.2, -0.15) is 0 Å². The number of rotatable bonds is 12. The lowest BCUT2D eigenvalue weighted by Crippen LogP contribution is -2.57. The molecule has 0 amide bonds. The number of unbranched alkanes of at least 4 members (excludes halogenated alkanes) is 1. The Morgan fingerprint density at radius 3 is 1.83 bits per heavy atom. The second-order valence-corrected chi connectivity index (χ2v) is 5.51. The molecule has 0 aromatic rings. The van der Waals surface area contributed by atoms with Crippen LogP contribution in [0.5, 0.6) is 0 Å². The largest absolute Gasteiger partial charge is 0.480 e. The second kappa shape index (κ2) is 9.30. The van der Waals surface area contributed by atoms with Crippen LogP contribution in [0.1, 0.15) is 38.5 Å². The van der Waals surface area contributed by atoms with E-state index in [1.807, 2.05) is 0 Å². The summed E-state index contributed by atoms with van der Waals surface area (Å²) in [6.45, 7) is 0. The summed E-state index contributed by atoms with van der Waals surface area (Å²) in [6, 6.07) is -2.60. The first-order valence-electron chi connectivity index (χ1n) is 7.07. The predicted octanol–water partition coefficient (Wildman–Crippen LogP) is -2.10. The summed E-state index contributed by atoms with van der Waals surface area (Å²) in [4.78, 5) is 44.4. The van der Waals surface area contributed by atoms with Gasteiger partial charge in [-0.25, -0.2) is 0 Å². The molecule has 132 valence electrons. The van der Waals surface area contributed by atoms with E-state index in [0.717, 1.165) is 0 Å². The van der Waals surface area contributed by atoms with Crippen molar-refractivity contribution in [3.05, 3.63) is 0 Å². The lowest BCUT2D eigenvalue weighted by molar-refractivity contribution is -0.141. The smallest absolute Gasteiger partial charge is 0.320 e. The van der Waals surface area contributed by atoms with Gasteiger partial charge in [0.1, 0.15) is 23.5 Å². The average molecular weight is 332 g/mol. The first-order chi connectivity index (χ1) is 10.5. The Bertz CT molecular complexity index is 465. The van der Waals surface area contributed by atoms with Gasteiger partial charge in [-0.1, -0.05) is 0 Å². The van der Waals surface area contributed by atoms with E-state index < -0.39 is 41.9 Å². The van der Waals surface area contributed by atoms with Crippen LogP contribution in [-0.2, 0) is 19.2 Å². The molecule has 0 aromatic heterocycles. The van der Waals surface area contributed by atoms with E-state index in [1.165, 1.54) is 0 Å². The third-order valence-corrected chi connectivity index (χ3v) is 3.30. The van der Waals surface area contributed by atoms with Crippen molar-refractivity contribution >= 4 is 23.5 Å². The molecule has 0 aliphatic carbocycles. The fraction of sp³-hybridized carbons (Fsp3) is 0.692. The van der Waals surface area contributed by atoms with Gasteiger partial charge in [0.25, 0.3) is 0 Å². The van der Waals surface area contributed by atoms with E-state index in [4.69, 9.17) is 33.1 Å². The Kier molecular flexibility index (Phi) is 8.54. The molecule has 2 atom stereocenters. The van der Waals surface area contributed by atoms with Crippen LogP contribution in [-0.4, -0.2) is 51.5 Å². The van der Waals surface area contributed by atoms with Crippen molar-refractivity contribution in [1.82, 2.24) is 0 Å². The van der Waals surface area contributed by atoms with E-state index in [0.29, 0.717) is 12.8 Å². The summed E-state index contributed by atoms with van der Waals surface area (Å²) in [5, 5.41) is 17.2. The SMILES string of the molecule is NC(CC(=O)CCCCC(N)(N)C(=O)CC(N)C(=O)O)C(=O)O. The van der Waals surface area contributed by atoms with E-state index in [-0.39, 0.29) is 25.0 Å². The van der Waals surface area contributed by atoms with Crippen LogP contribution in [0.2, 0.25) is 0 Å². The number of hydrogen-bond acceptors (Lipinski definition) is 8. The van der Waals surface area contributed by atoms with Crippen molar-refractivity contribution in [3.63, 3.8) is 0 Å². The zero-order valence-electron chi connectivity index (χ0n) is 12.7. The van der Waals surface area contributed by atoms with Crippen molar-refractivity contribution in [3.8, 4) is 0 Å². The van der Waals surface area contributed by atoms with Gasteiger partial charge in [0.15, 0.2) is 5.78 Å². The normalized spacial score (nSPS) is 14.1. The molecule has 0 rings (SSSR count). The van der Waals surface area contributed by atoms with Crippen LogP contribution < -0.4 is 22.9 Å². The van der Waals surface area contributed by atoms with E-state index in [2.05, 4.69) is 0 Å². The molecule has 10 nitrogen and oxygen atoms in total. The highest BCUT2D eigenvalue weighted by Crippen LogP contribution is 2.12. The zero-order valence-corrected chi connectivity index (χ0v) is 12.7. The highest BCUT2D eigenvalue weighted by molar-refractivity contribution is 5.91. The molecule has 23 heavy (non-hydrogen) atoms. The third-order valence-electron chi connectivity index (χ3n) is 3.30. The number of nitrogens with two attached hydrogens (primary N) is 4. The Morgan fingerprint density at radius 1 is 0.870 bits per heavy atom.